The Hall–Kier alpha value is -1.95. The summed E-state index contributed by atoms with van der Waals surface area (Å²) in [6.07, 6.45) is 0. The van der Waals surface area contributed by atoms with Crippen LogP contribution >= 0.6 is 0 Å². The number of para-hydroxylation sites is 1. The van der Waals surface area contributed by atoms with E-state index < -0.39 is 17.6 Å². The Labute approximate surface area is 110 Å². The van der Waals surface area contributed by atoms with Crippen molar-refractivity contribution in [3.63, 3.8) is 0 Å². The highest BCUT2D eigenvalue weighted by Crippen LogP contribution is 2.25. The van der Waals surface area contributed by atoms with E-state index in [1.165, 1.54) is 11.0 Å². The van der Waals surface area contributed by atoms with Gasteiger partial charge in [-0.2, -0.15) is 0 Å². The van der Waals surface area contributed by atoms with Gasteiger partial charge in [0.1, 0.15) is 5.82 Å². The topological polar surface area (TPSA) is 61.4 Å². The van der Waals surface area contributed by atoms with Crippen LogP contribution in [0.15, 0.2) is 18.2 Å². The maximum Gasteiger partial charge on any atom is 0.246 e. The van der Waals surface area contributed by atoms with E-state index in [2.05, 4.69) is 10.6 Å². The average molecular weight is 265 g/mol. The minimum atomic E-state index is -0.419. The van der Waals surface area contributed by atoms with Gasteiger partial charge in [0, 0.05) is 6.54 Å². The molecule has 0 bridgehead atoms. The van der Waals surface area contributed by atoms with Crippen LogP contribution in [0, 0.1) is 5.82 Å². The molecule has 1 heterocycles. The molecule has 1 aliphatic heterocycles. The normalized spacial score (nSPS) is 15.6. The molecule has 1 aromatic rings. The Morgan fingerprint density at radius 3 is 2.63 bits per heavy atom. The monoisotopic (exact) mass is 265 g/mol. The predicted molar refractivity (Wildman–Crippen MR) is 69.1 cm³/mol. The van der Waals surface area contributed by atoms with E-state index in [4.69, 9.17) is 0 Å². The summed E-state index contributed by atoms with van der Waals surface area (Å²) in [5.74, 6) is -1.24. The van der Waals surface area contributed by atoms with E-state index in [0.717, 1.165) is 12.1 Å². The second kappa shape index (κ2) is 5.79. The van der Waals surface area contributed by atoms with E-state index in [0.29, 0.717) is 12.2 Å². The van der Waals surface area contributed by atoms with Crippen molar-refractivity contribution in [1.29, 1.82) is 0 Å². The van der Waals surface area contributed by atoms with Crippen LogP contribution in [0.2, 0.25) is 0 Å². The first-order chi connectivity index (χ1) is 9.11. The van der Waals surface area contributed by atoms with E-state index in [9.17, 15) is 14.0 Å². The highest BCUT2D eigenvalue weighted by atomic mass is 19.1. The third-order valence-electron chi connectivity index (χ3n) is 2.90. The molecule has 0 radical (unpaired) electrons. The number of halogens is 1. The van der Waals surface area contributed by atoms with Gasteiger partial charge in [0.25, 0.3) is 0 Å². The molecule has 0 spiro atoms. The Balaban J connectivity index is 2.31. The van der Waals surface area contributed by atoms with Crippen LogP contribution in [-0.2, 0) is 16.1 Å². The maximum absolute atomic E-state index is 14.0. The first kappa shape index (κ1) is 13.5. The molecule has 1 saturated heterocycles. The number of nitrogens with one attached hydrogen (secondary N) is 2. The number of rotatable bonds is 4. The van der Waals surface area contributed by atoms with Gasteiger partial charge < -0.3 is 10.2 Å². The Morgan fingerprint density at radius 2 is 2.00 bits per heavy atom. The third kappa shape index (κ3) is 3.08. The highest BCUT2D eigenvalue weighted by molar-refractivity contribution is 6.02. The SMILES string of the molecule is CCNCc1cccc(F)c1N1CC(=O)NC(=O)C1. The second-order valence-corrected chi connectivity index (χ2v) is 4.36. The third-order valence-corrected chi connectivity index (χ3v) is 2.90. The summed E-state index contributed by atoms with van der Waals surface area (Å²) in [6, 6.07) is 4.75. The summed E-state index contributed by atoms with van der Waals surface area (Å²) in [7, 11) is 0. The number of carbonyl (C=O) groups excluding carboxylic acids is 2. The van der Waals surface area contributed by atoms with Gasteiger partial charge in [-0.1, -0.05) is 19.1 Å². The molecule has 0 aromatic heterocycles. The second-order valence-electron chi connectivity index (χ2n) is 4.36. The number of amides is 2. The summed E-state index contributed by atoms with van der Waals surface area (Å²) in [6.45, 7) is 3.19. The van der Waals surface area contributed by atoms with Gasteiger partial charge in [-0.15, -0.1) is 0 Å². The van der Waals surface area contributed by atoms with E-state index in [1.807, 2.05) is 6.92 Å². The molecule has 6 heteroatoms. The van der Waals surface area contributed by atoms with E-state index in [-0.39, 0.29) is 13.1 Å². The first-order valence-corrected chi connectivity index (χ1v) is 6.17. The fraction of sp³-hybridized carbons (Fsp3) is 0.385. The van der Waals surface area contributed by atoms with Crippen molar-refractivity contribution >= 4 is 17.5 Å². The lowest BCUT2D eigenvalue weighted by Crippen LogP contribution is -2.52. The number of hydrogen-bond acceptors (Lipinski definition) is 4. The predicted octanol–water partition coefficient (Wildman–Crippen LogP) is 0.398. The van der Waals surface area contributed by atoms with Crippen molar-refractivity contribution in [2.45, 2.75) is 13.5 Å². The molecule has 2 amide bonds. The van der Waals surface area contributed by atoms with Gasteiger partial charge in [0.2, 0.25) is 11.8 Å². The van der Waals surface area contributed by atoms with Gasteiger partial charge in [-0.3, -0.25) is 14.9 Å². The smallest absolute Gasteiger partial charge is 0.246 e. The number of nitrogens with zero attached hydrogens (tertiary/aromatic N) is 1. The van der Waals surface area contributed by atoms with Crippen molar-refractivity contribution in [1.82, 2.24) is 10.6 Å². The zero-order chi connectivity index (χ0) is 13.8. The number of piperazine rings is 1. The van der Waals surface area contributed by atoms with E-state index in [1.54, 1.807) is 12.1 Å². The fourth-order valence-electron chi connectivity index (χ4n) is 2.11. The van der Waals surface area contributed by atoms with Crippen molar-refractivity contribution in [3.05, 3.63) is 29.6 Å². The molecule has 2 rings (SSSR count). The Morgan fingerprint density at radius 1 is 1.32 bits per heavy atom. The van der Waals surface area contributed by atoms with Crippen molar-refractivity contribution < 1.29 is 14.0 Å². The molecule has 1 fully saturated rings. The van der Waals surface area contributed by atoms with Crippen molar-refractivity contribution in [3.8, 4) is 0 Å². The first-order valence-electron chi connectivity index (χ1n) is 6.17. The van der Waals surface area contributed by atoms with Crippen LogP contribution in [0.5, 0.6) is 0 Å². The molecule has 2 N–H and O–H groups in total. The number of imide groups is 1. The summed E-state index contributed by atoms with van der Waals surface area (Å²) in [5, 5.41) is 5.32. The lowest BCUT2D eigenvalue weighted by Gasteiger charge is -2.29. The van der Waals surface area contributed by atoms with Gasteiger partial charge in [-0.05, 0) is 18.2 Å². The van der Waals surface area contributed by atoms with Crippen LogP contribution in [0.25, 0.3) is 0 Å². The summed E-state index contributed by atoms with van der Waals surface area (Å²) in [5.41, 5.74) is 1.07. The quantitative estimate of drug-likeness (QED) is 0.774. The van der Waals surface area contributed by atoms with E-state index >= 15 is 0 Å². The van der Waals surface area contributed by atoms with Crippen molar-refractivity contribution in [2.75, 3.05) is 24.5 Å². The fourth-order valence-corrected chi connectivity index (χ4v) is 2.11. The van der Waals surface area contributed by atoms with Gasteiger partial charge in [0.15, 0.2) is 0 Å². The number of carbonyl (C=O) groups is 2. The Kier molecular flexibility index (Phi) is 4.11. The van der Waals surface area contributed by atoms with Crippen LogP contribution in [-0.4, -0.2) is 31.4 Å². The summed E-state index contributed by atoms with van der Waals surface area (Å²) < 4.78 is 14.0. The molecule has 5 nitrogen and oxygen atoms in total. The molecule has 102 valence electrons. The summed E-state index contributed by atoms with van der Waals surface area (Å²) >= 11 is 0. The highest BCUT2D eigenvalue weighted by Gasteiger charge is 2.26. The van der Waals surface area contributed by atoms with Gasteiger partial charge >= 0.3 is 0 Å². The minimum Gasteiger partial charge on any atom is -0.350 e. The number of benzene rings is 1. The lowest BCUT2D eigenvalue weighted by atomic mass is 10.1. The van der Waals surface area contributed by atoms with Crippen LogP contribution in [0.4, 0.5) is 10.1 Å². The summed E-state index contributed by atoms with van der Waals surface area (Å²) in [4.78, 5) is 24.2. The van der Waals surface area contributed by atoms with Crippen LogP contribution < -0.4 is 15.5 Å². The maximum atomic E-state index is 14.0. The van der Waals surface area contributed by atoms with Crippen molar-refractivity contribution in [2.24, 2.45) is 0 Å². The molecule has 1 aliphatic rings. The molecule has 0 aliphatic carbocycles. The Bertz CT molecular complexity index is 489. The van der Waals surface area contributed by atoms with Gasteiger partial charge in [0.05, 0.1) is 18.8 Å². The molecule has 19 heavy (non-hydrogen) atoms. The van der Waals surface area contributed by atoms with Crippen LogP contribution in [0.3, 0.4) is 0 Å². The molecule has 1 aromatic carbocycles. The average Bonchev–Trinajstić information content (AvgIpc) is 2.35. The standard InChI is InChI=1S/C13H16FN3O2/c1-2-15-6-9-4-3-5-10(14)13(9)17-7-11(18)16-12(19)8-17/h3-5,15H,2,6-8H2,1H3,(H,16,18,19). The van der Waals surface area contributed by atoms with Gasteiger partial charge in [-0.25, -0.2) is 4.39 Å². The molecular weight excluding hydrogens is 249 g/mol. The molecule has 0 unspecified atom stereocenters. The molecule has 0 saturated carbocycles. The largest absolute Gasteiger partial charge is 0.350 e. The minimum absolute atomic E-state index is 0.00814. The lowest BCUT2D eigenvalue weighted by molar-refractivity contribution is -0.130. The number of anilines is 1. The number of hydrogen-bond donors (Lipinski definition) is 2. The zero-order valence-corrected chi connectivity index (χ0v) is 10.7. The zero-order valence-electron chi connectivity index (χ0n) is 10.7. The van der Waals surface area contributed by atoms with Crippen LogP contribution in [0.1, 0.15) is 12.5 Å². The molecular formula is C13H16FN3O2. The molecule has 0 atom stereocenters.